The third-order valence-electron chi connectivity index (χ3n) is 3.21. The van der Waals surface area contributed by atoms with Crippen LogP contribution in [0, 0.1) is 0 Å². The van der Waals surface area contributed by atoms with Crippen molar-refractivity contribution >= 4 is 23.5 Å². The van der Waals surface area contributed by atoms with Crippen LogP contribution in [0.5, 0.6) is 0 Å². The maximum Gasteiger partial charge on any atom is 0.416 e. The normalized spacial score (nSPS) is 21.9. The molecule has 1 amide bonds. The molecule has 0 N–H and O–H groups in total. The van der Waals surface area contributed by atoms with Gasteiger partial charge in [0.05, 0.1) is 0 Å². The van der Waals surface area contributed by atoms with Crippen molar-refractivity contribution in [2.45, 2.75) is 19.1 Å². The van der Waals surface area contributed by atoms with Crippen molar-refractivity contribution in [1.82, 2.24) is 9.97 Å². The number of cyclic esters (lactones) is 1. The predicted molar refractivity (Wildman–Crippen MR) is 74.6 cm³/mol. The number of nitrogens with zero attached hydrogens (tertiary/aromatic N) is 3. The molecular weight excluding hydrogens is 278 g/mol. The molecule has 0 unspecified atom stereocenters. The van der Waals surface area contributed by atoms with Crippen molar-refractivity contribution in [2.75, 3.05) is 4.90 Å². The van der Waals surface area contributed by atoms with Crippen LogP contribution in [0.4, 0.5) is 10.6 Å². The SMILES string of the molecule is C[C@H]1OC(=O)N(c2ccnc(Cl)n2)[C@H]1c1ccccc1. The van der Waals surface area contributed by atoms with E-state index in [1.165, 1.54) is 11.1 Å². The molecule has 0 spiro atoms. The molecule has 1 aromatic carbocycles. The maximum atomic E-state index is 12.1. The van der Waals surface area contributed by atoms with Gasteiger partial charge in [0, 0.05) is 6.20 Å². The van der Waals surface area contributed by atoms with Gasteiger partial charge in [0.15, 0.2) is 0 Å². The number of ether oxygens (including phenoxy) is 1. The summed E-state index contributed by atoms with van der Waals surface area (Å²) in [5, 5.41) is 0.0988. The first-order chi connectivity index (χ1) is 9.66. The summed E-state index contributed by atoms with van der Waals surface area (Å²) >= 11 is 5.80. The molecule has 1 aliphatic rings. The van der Waals surface area contributed by atoms with Crippen LogP contribution in [-0.4, -0.2) is 22.2 Å². The summed E-state index contributed by atoms with van der Waals surface area (Å²) in [5.41, 5.74) is 0.987. The maximum absolute atomic E-state index is 12.1. The molecule has 1 aliphatic heterocycles. The van der Waals surface area contributed by atoms with Gasteiger partial charge in [-0.15, -0.1) is 0 Å². The third kappa shape index (κ3) is 2.20. The second-order valence-corrected chi connectivity index (χ2v) is 4.84. The first kappa shape index (κ1) is 12.9. The molecule has 0 saturated carbocycles. The standard InChI is InChI=1S/C14H12ClN3O2/c1-9-12(10-5-3-2-4-6-10)18(14(19)20-9)11-7-8-16-13(15)17-11/h2-9,12H,1H3/t9-,12-/m1/s1. The average Bonchev–Trinajstić information content (AvgIpc) is 2.74. The van der Waals surface area contributed by atoms with E-state index in [1.54, 1.807) is 6.07 Å². The van der Waals surface area contributed by atoms with Crippen molar-refractivity contribution < 1.29 is 9.53 Å². The Balaban J connectivity index is 2.05. The number of rotatable bonds is 2. The van der Waals surface area contributed by atoms with Crippen molar-refractivity contribution in [2.24, 2.45) is 0 Å². The molecule has 0 aliphatic carbocycles. The molecule has 2 aromatic rings. The third-order valence-corrected chi connectivity index (χ3v) is 3.39. The summed E-state index contributed by atoms with van der Waals surface area (Å²) in [6.07, 6.45) is 0.822. The summed E-state index contributed by atoms with van der Waals surface area (Å²) < 4.78 is 5.32. The largest absolute Gasteiger partial charge is 0.444 e. The number of halogens is 1. The topological polar surface area (TPSA) is 55.3 Å². The Hall–Kier alpha value is -2.14. The van der Waals surface area contributed by atoms with E-state index in [0.717, 1.165) is 5.56 Å². The first-order valence-electron chi connectivity index (χ1n) is 6.20. The quantitative estimate of drug-likeness (QED) is 0.797. The van der Waals surface area contributed by atoms with Crippen molar-refractivity contribution in [3.63, 3.8) is 0 Å². The zero-order chi connectivity index (χ0) is 14.1. The Labute approximate surface area is 121 Å². The van der Waals surface area contributed by atoms with Gasteiger partial charge in [0.25, 0.3) is 0 Å². The minimum Gasteiger partial charge on any atom is -0.444 e. The Morgan fingerprint density at radius 3 is 2.70 bits per heavy atom. The summed E-state index contributed by atoms with van der Waals surface area (Å²) in [7, 11) is 0. The van der Waals surface area contributed by atoms with Crippen LogP contribution >= 0.6 is 11.6 Å². The highest BCUT2D eigenvalue weighted by Gasteiger charge is 2.41. The van der Waals surface area contributed by atoms with Gasteiger partial charge in [-0.1, -0.05) is 30.3 Å². The lowest BCUT2D eigenvalue weighted by atomic mass is 10.0. The van der Waals surface area contributed by atoms with E-state index in [9.17, 15) is 4.79 Å². The molecule has 5 nitrogen and oxygen atoms in total. The molecule has 6 heteroatoms. The molecule has 3 rings (SSSR count). The fourth-order valence-corrected chi connectivity index (χ4v) is 2.51. The molecule has 1 fully saturated rings. The highest BCUT2D eigenvalue weighted by Crippen LogP contribution is 2.36. The molecular formula is C14H12ClN3O2. The number of carbonyl (C=O) groups is 1. The highest BCUT2D eigenvalue weighted by atomic mass is 35.5. The van der Waals surface area contributed by atoms with E-state index in [2.05, 4.69) is 9.97 Å². The summed E-state index contributed by atoms with van der Waals surface area (Å²) in [6, 6.07) is 11.1. The minimum atomic E-state index is -0.430. The van der Waals surface area contributed by atoms with Crippen LogP contribution in [0.2, 0.25) is 5.28 Å². The summed E-state index contributed by atoms with van der Waals surface area (Å²) in [4.78, 5) is 21.5. The molecule has 20 heavy (non-hydrogen) atoms. The van der Waals surface area contributed by atoms with E-state index in [-0.39, 0.29) is 17.4 Å². The Morgan fingerprint density at radius 2 is 2.00 bits per heavy atom. The summed E-state index contributed by atoms with van der Waals surface area (Å²) in [5.74, 6) is 0.438. The number of amides is 1. The van der Waals surface area contributed by atoms with Crippen LogP contribution in [0.3, 0.4) is 0 Å². The number of aromatic nitrogens is 2. The van der Waals surface area contributed by atoms with Crippen molar-refractivity contribution in [3.05, 3.63) is 53.4 Å². The second-order valence-electron chi connectivity index (χ2n) is 4.50. The summed E-state index contributed by atoms with van der Waals surface area (Å²) in [6.45, 7) is 1.86. The van der Waals surface area contributed by atoms with Crippen molar-refractivity contribution in [3.8, 4) is 0 Å². The number of carbonyl (C=O) groups excluding carboxylic acids is 1. The van der Waals surface area contributed by atoms with Gasteiger partial charge in [-0.25, -0.2) is 14.8 Å². The van der Waals surface area contributed by atoms with Gasteiger partial charge in [-0.05, 0) is 30.2 Å². The van der Waals surface area contributed by atoms with Crippen LogP contribution < -0.4 is 4.90 Å². The number of anilines is 1. The van der Waals surface area contributed by atoms with Gasteiger partial charge in [0.2, 0.25) is 5.28 Å². The molecule has 1 saturated heterocycles. The van der Waals surface area contributed by atoms with Crippen LogP contribution in [-0.2, 0) is 4.74 Å². The highest BCUT2D eigenvalue weighted by molar-refractivity contribution is 6.28. The molecule has 102 valence electrons. The Bertz CT molecular complexity index is 635. The monoisotopic (exact) mass is 289 g/mol. The number of benzene rings is 1. The zero-order valence-electron chi connectivity index (χ0n) is 10.7. The second kappa shape index (κ2) is 5.09. The molecule has 2 atom stereocenters. The van der Waals surface area contributed by atoms with Crippen LogP contribution in [0.1, 0.15) is 18.5 Å². The molecule has 0 bridgehead atoms. The lowest BCUT2D eigenvalue weighted by Crippen LogP contribution is -2.29. The lowest BCUT2D eigenvalue weighted by Gasteiger charge is -2.22. The van der Waals surface area contributed by atoms with Gasteiger partial charge < -0.3 is 4.74 Å². The Kier molecular flexibility index (Phi) is 3.28. The predicted octanol–water partition coefficient (Wildman–Crippen LogP) is 3.22. The number of hydrogen-bond acceptors (Lipinski definition) is 4. The van der Waals surface area contributed by atoms with E-state index in [1.807, 2.05) is 37.3 Å². The molecule has 1 aromatic heterocycles. The van der Waals surface area contributed by atoms with Crippen LogP contribution in [0.15, 0.2) is 42.6 Å². The van der Waals surface area contributed by atoms with Gasteiger partial charge in [-0.2, -0.15) is 0 Å². The number of hydrogen-bond donors (Lipinski definition) is 0. The van der Waals surface area contributed by atoms with E-state index in [0.29, 0.717) is 5.82 Å². The lowest BCUT2D eigenvalue weighted by molar-refractivity contribution is 0.141. The fourth-order valence-electron chi connectivity index (χ4n) is 2.37. The molecule has 2 heterocycles. The zero-order valence-corrected chi connectivity index (χ0v) is 11.5. The first-order valence-corrected chi connectivity index (χ1v) is 6.58. The van der Waals surface area contributed by atoms with E-state index in [4.69, 9.17) is 16.3 Å². The fraction of sp³-hybridized carbons (Fsp3) is 0.214. The molecule has 0 radical (unpaired) electrons. The van der Waals surface area contributed by atoms with E-state index < -0.39 is 6.09 Å². The minimum absolute atomic E-state index is 0.0988. The van der Waals surface area contributed by atoms with Crippen LogP contribution in [0.25, 0.3) is 0 Å². The Morgan fingerprint density at radius 1 is 1.25 bits per heavy atom. The van der Waals surface area contributed by atoms with Gasteiger partial charge in [0.1, 0.15) is 18.0 Å². The van der Waals surface area contributed by atoms with Crippen molar-refractivity contribution in [1.29, 1.82) is 0 Å². The average molecular weight is 290 g/mol. The van der Waals surface area contributed by atoms with E-state index >= 15 is 0 Å². The van der Waals surface area contributed by atoms with Gasteiger partial charge in [-0.3, -0.25) is 4.90 Å². The van der Waals surface area contributed by atoms with Gasteiger partial charge >= 0.3 is 6.09 Å². The smallest absolute Gasteiger partial charge is 0.416 e.